The van der Waals surface area contributed by atoms with Gasteiger partial charge in [-0.2, -0.15) is 0 Å². The first-order valence-electron chi connectivity index (χ1n) is 6.37. The lowest BCUT2D eigenvalue weighted by atomic mass is 10.3. The van der Waals surface area contributed by atoms with E-state index in [0.29, 0.717) is 16.7 Å². The molecule has 0 aliphatic rings. The van der Waals surface area contributed by atoms with Gasteiger partial charge in [0.1, 0.15) is 0 Å². The topological polar surface area (TPSA) is 27.6 Å². The zero-order valence-corrected chi connectivity index (χ0v) is 15.3. The summed E-state index contributed by atoms with van der Waals surface area (Å²) in [5.41, 5.74) is 1.67. The SMILES string of the molecule is CSc1cccc(N(C)C(=NCl)Nc2cc(S)ccc2Cl)c1. The number of hydrogen-bond acceptors (Lipinski definition) is 3. The molecule has 1 N–H and O–H groups in total. The molecule has 22 heavy (non-hydrogen) atoms. The first kappa shape index (κ1) is 17.3. The molecule has 0 atom stereocenters. The van der Waals surface area contributed by atoms with Crippen LogP contribution in [0.1, 0.15) is 0 Å². The van der Waals surface area contributed by atoms with Gasteiger partial charge in [0.2, 0.25) is 5.96 Å². The van der Waals surface area contributed by atoms with E-state index in [0.717, 1.165) is 15.5 Å². The number of nitrogens with zero attached hydrogens (tertiary/aromatic N) is 2. The molecule has 7 heteroatoms. The zero-order chi connectivity index (χ0) is 16.1. The third-order valence-corrected chi connectivity index (χ3v) is 4.53. The summed E-state index contributed by atoms with van der Waals surface area (Å²) < 4.78 is 3.80. The predicted molar refractivity (Wildman–Crippen MR) is 102 cm³/mol. The molecule has 0 fully saturated rings. The van der Waals surface area contributed by atoms with Crippen molar-refractivity contribution < 1.29 is 0 Å². The summed E-state index contributed by atoms with van der Waals surface area (Å²) in [5.74, 6) is 0.473. The van der Waals surface area contributed by atoms with Gasteiger partial charge >= 0.3 is 0 Å². The molecule has 0 aliphatic heterocycles. The van der Waals surface area contributed by atoms with E-state index in [1.807, 2.05) is 48.5 Å². The number of rotatable bonds is 3. The van der Waals surface area contributed by atoms with Gasteiger partial charge in [-0.3, -0.25) is 0 Å². The average molecular weight is 372 g/mol. The van der Waals surface area contributed by atoms with Crippen molar-refractivity contribution in [3.63, 3.8) is 0 Å². The van der Waals surface area contributed by atoms with Gasteiger partial charge in [-0.05, 0) is 42.7 Å². The molecule has 0 bridgehead atoms. The minimum Gasteiger partial charge on any atom is -0.323 e. The van der Waals surface area contributed by atoms with Crippen LogP contribution in [0.2, 0.25) is 5.02 Å². The molecule has 0 unspecified atom stereocenters. The van der Waals surface area contributed by atoms with E-state index in [2.05, 4.69) is 28.5 Å². The van der Waals surface area contributed by atoms with Gasteiger partial charge in [0.25, 0.3) is 0 Å². The second kappa shape index (κ2) is 8.02. The normalized spacial score (nSPS) is 11.4. The molecule has 3 nitrogen and oxygen atoms in total. The number of nitrogens with one attached hydrogen (secondary N) is 1. The summed E-state index contributed by atoms with van der Waals surface area (Å²) in [7, 11) is 1.88. The number of thioether (sulfide) groups is 1. The fraction of sp³-hybridized carbons (Fsp3) is 0.133. The van der Waals surface area contributed by atoms with Crippen LogP contribution in [0.15, 0.2) is 56.8 Å². The molecule has 2 aromatic rings. The number of thiol groups is 1. The number of guanidine groups is 1. The quantitative estimate of drug-likeness (QED) is 0.327. The van der Waals surface area contributed by atoms with Crippen molar-refractivity contribution in [2.24, 2.45) is 4.51 Å². The Morgan fingerprint density at radius 3 is 2.73 bits per heavy atom. The fourth-order valence-corrected chi connectivity index (χ4v) is 2.81. The van der Waals surface area contributed by atoms with Crippen LogP contribution in [0.25, 0.3) is 0 Å². The molecule has 0 aromatic heterocycles. The largest absolute Gasteiger partial charge is 0.323 e. The Morgan fingerprint density at radius 2 is 2.05 bits per heavy atom. The molecule has 0 amide bonds. The van der Waals surface area contributed by atoms with Crippen LogP contribution in [-0.4, -0.2) is 19.3 Å². The van der Waals surface area contributed by atoms with Crippen molar-refractivity contribution >= 4 is 65.1 Å². The highest BCUT2D eigenvalue weighted by atomic mass is 35.5. The Kier molecular flexibility index (Phi) is 6.32. The lowest BCUT2D eigenvalue weighted by Crippen LogP contribution is -2.32. The maximum absolute atomic E-state index is 6.18. The standard InChI is InChI=1S/C15H15Cl2N3S2/c1-20(10-4-3-5-12(8-10)22-2)15(19-17)18-14-9-11(21)6-7-13(14)16/h3-9,21H,1-2H3,(H,18,19). The first-order chi connectivity index (χ1) is 10.5. The molecular weight excluding hydrogens is 357 g/mol. The van der Waals surface area contributed by atoms with Crippen LogP contribution in [0.3, 0.4) is 0 Å². The molecule has 0 heterocycles. The minimum absolute atomic E-state index is 0.473. The van der Waals surface area contributed by atoms with Gasteiger partial charge in [-0.15, -0.1) is 28.9 Å². The second-order valence-corrected chi connectivity index (χ2v) is 6.43. The zero-order valence-electron chi connectivity index (χ0n) is 12.0. The first-order valence-corrected chi connectivity index (χ1v) is 8.76. The van der Waals surface area contributed by atoms with Gasteiger partial charge in [0.05, 0.1) is 10.7 Å². The lowest BCUT2D eigenvalue weighted by molar-refractivity contribution is 1.23. The van der Waals surface area contributed by atoms with Crippen LogP contribution >= 0.6 is 47.8 Å². The monoisotopic (exact) mass is 371 g/mol. The van der Waals surface area contributed by atoms with E-state index >= 15 is 0 Å². The molecule has 0 saturated carbocycles. The minimum atomic E-state index is 0.473. The van der Waals surface area contributed by atoms with Crippen molar-refractivity contribution in [2.75, 3.05) is 23.5 Å². The van der Waals surface area contributed by atoms with Gasteiger partial charge < -0.3 is 10.2 Å². The number of hydrogen-bond donors (Lipinski definition) is 2. The smallest absolute Gasteiger partial charge is 0.220 e. The number of anilines is 2. The van der Waals surface area contributed by atoms with E-state index in [1.165, 1.54) is 0 Å². The summed E-state index contributed by atoms with van der Waals surface area (Å²) in [5, 5.41) is 3.70. The molecule has 0 radical (unpaired) electrons. The van der Waals surface area contributed by atoms with Gasteiger partial charge in [-0.25, -0.2) is 0 Å². The molecule has 0 saturated heterocycles. The van der Waals surface area contributed by atoms with Crippen molar-refractivity contribution in [3.8, 4) is 0 Å². The second-order valence-electron chi connectivity index (χ2n) is 4.46. The highest BCUT2D eigenvalue weighted by Gasteiger charge is 2.12. The fourth-order valence-electron chi connectivity index (χ4n) is 1.83. The van der Waals surface area contributed by atoms with Crippen LogP contribution in [0, 0.1) is 0 Å². The Morgan fingerprint density at radius 1 is 1.27 bits per heavy atom. The van der Waals surface area contributed by atoms with E-state index in [-0.39, 0.29) is 0 Å². The maximum atomic E-state index is 6.18. The summed E-state index contributed by atoms with van der Waals surface area (Å²) >= 11 is 17.9. The summed E-state index contributed by atoms with van der Waals surface area (Å²) in [4.78, 5) is 3.82. The van der Waals surface area contributed by atoms with Gasteiger partial charge in [0, 0.05) is 34.3 Å². The van der Waals surface area contributed by atoms with E-state index in [4.69, 9.17) is 23.4 Å². The van der Waals surface area contributed by atoms with Crippen LogP contribution in [0.5, 0.6) is 0 Å². The summed E-state index contributed by atoms with van der Waals surface area (Å²) in [6.45, 7) is 0. The maximum Gasteiger partial charge on any atom is 0.220 e. The Bertz CT molecular complexity index is 692. The molecule has 2 aromatic carbocycles. The summed E-state index contributed by atoms with van der Waals surface area (Å²) in [6.07, 6.45) is 2.03. The Labute approximate surface area is 150 Å². The molecule has 116 valence electrons. The van der Waals surface area contributed by atoms with Crippen molar-refractivity contribution in [1.82, 2.24) is 0 Å². The van der Waals surface area contributed by atoms with Crippen molar-refractivity contribution in [1.29, 1.82) is 0 Å². The predicted octanol–water partition coefficient (Wildman–Crippen LogP) is 5.41. The number of halogens is 2. The number of benzene rings is 2. The Hall–Kier alpha value is -1.01. The third kappa shape index (κ3) is 4.26. The Balaban J connectivity index is 2.26. The van der Waals surface area contributed by atoms with Gasteiger partial charge in [-0.1, -0.05) is 17.7 Å². The van der Waals surface area contributed by atoms with E-state index in [1.54, 1.807) is 17.8 Å². The molecule has 0 spiro atoms. The van der Waals surface area contributed by atoms with Gasteiger partial charge in [0.15, 0.2) is 0 Å². The highest BCUT2D eigenvalue weighted by molar-refractivity contribution is 7.98. The van der Waals surface area contributed by atoms with Crippen LogP contribution < -0.4 is 10.2 Å². The van der Waals surface area contributed by atoms with E-state index in [9.17, 15) is 0 Å². The van der Waals surface area contributed by atoms with Crippen molar-refractivity contribution in [3.05, 3.63) is 47.5 Å². The summed E-state index contributed by atoms with van der Waals surface area (Å²) in [6, 6.07) is 13.5. The average Bonchev–Trinajstić information content (AvgIpc) is 2.55. The molecule has 2 rings (SSSR count). The van der Waals surface area contributed by atoms with Crippen molar-refractivity contribution in [2.45, 2.75) is 9.79 Å². The molecular formula is C15H15Cl2N3S2. The van der Waals surface area contributed by atoms with Crippen LogP contribution in [0.4, 0.5) is 11.4 Å². The third-order valence-electron chi connectivity index (χ3n) is 3.03. The molecule has 0 aliphatic carbocycles. The van der Waals surface area contributed by atoms with Crippen LogP contribution in [-0.2, 0) is 0 Å². The van der Waals surface area contributed by atoms with E-state index < -0.39 is 0 Å². The lowest BCUT2D eigenvalue weighted by Gasteiger charge is -2.22. The highest BCUT2D eigenvalue weighted by Crippen LogP contribution is 2.26.